The Morgan fingerprint density at radius 2 is 1.89 bits per heavy atom. The first kappa shape index (κ1) is 18.6. The second-order valence-electron chi connectivity index (χ2n) is 5.78. The fourth-order valence-corrected chi connectivity index (χ4v) is 3.01. The first-order valence-electron chi connectivity index (χ1n) is 8.01. The number of aromatic nitrogens is 2. The normalized spacial score (nSPS) is 10.6. The molecule has 2 aromatic carbocycles. The molecule has 9 heteroatoms. The zero-order chi connectivity index (χ0) is 19.4. The Kier molecular flexibility index (Phi) is 5.51. The average molecular weight is 384 g/mol. The van der Waals surface area contributed by atoms with E-state index < -0.39 is 4.92 Å². The number of amides is 1. The van der Waals surface area contributed by atoms with Crippen molar-refractivity contribution in [1.29, 1.82) is 0 Å². The Morgan fingerprint density at radius 3 is 2.59 bits per heavy atom. The van der Waals surface area contributed by atoms with Crippen LogP contribution in [0.3, 0.4) is 0 Å². The summed E-state index contributed by atoms with van der Waals surface area (Å²) in [6.45, 7) is 3.86. The van der Waals surface area contributed by atoms with Gasteiger partial charge >= 0.3 is 0 Å². The number of nitro groups is 1. The lowest BCUT2D eigenvalue weighted by atomic mass is 10.1. The van der Waals surface area contributed by atoms with Crippen molar-refractivity contribution in [2.45, 2.75) is 19.1 Å². The number of nitro benzene ring substituents is 1. The van der Waals surface area contributed by atoms with E-state index >= 15 is 0 Å². The van der Waals surface area contributed by atoms with Gasteiger partial charge < -0.3 is 9.73 Å². The maximum atomic E-state index is 12.2. The van der Waals surface area contributed by atoms with Gasteiger partial charge in [0.05, 0.1) is 10.7 Å². The molecule has 0 saturated carbocycles. The Morgan fingerprint density at radius 1 is 1.19 bits per heavy atom. The molecule has 0 unspecified atom stereocenters. The fraction of sp³-hybridized carbons (Fsp3) is 0.167. The smallest absolute Gasteiger partial charge is 0.277 e. The Bertz CT molecular complexity index is 982. The van der Waals surface area contributed by atoms with E-state index in [0.717, 1.165) is 28.6 Å². The van der Waals surface area contributed by atoms with Gasteiger partial charge in [0.1, 0.15) is 0 Å². The van der Waals surface area contributed by atoms with Gasteiger partial charge in [0.25, 0.3) is 10.9 Å². The predicted octanol–water partition coefficient (Wildman–Crippen LogP) is 3.99. The highest BCUT2D eigenvalue weighted by Gasteiger charge is 2.14. The summed E-state index contributed by atoms with van der Waals surface area (Å²) in [6, 6.07) is 11.7. The van der Waals surface area contributed by atoms with Gasteiger partial charge in [-0.05, 0) is 31.0 Å². The highest BCUT2D eigenvalue weighted by molar-refractivity contribution is 7.99. The molecular weight excluding hydrogens is 368 g/mol. The summed E-state index contributed by atoms with van der Waals surface area (Å²) in [4.78, 5) is 22.6. The summed E-state index contributed by atoms with van der Waals surface area (Å²) in [5.41, 5.74) is 3.15. The standard InChI is InChI=1S/C18H16N4O4S/c1-11-5-3-6-12(2)16(11)19-15(23)10-27-18-21-20-17(26-18)13-7-4-8-14(9-13)22(24)25/h3-9H,10H2,1-2H3,(H,19,23). The molecule has 27 heavy (non-hydrogen) atoms. The highest BCUT2D eigenvalue weighted by Crippen LogP contribution is 2.26. The van der Waals surface area contributed by atoms with Crippen molar-refractivity contribution in [3.63, 3.8) is 0 Å². The first-order valence-corrected chi connectivity index (χ1v) is 9.00. The molecule has 1 heterocycles. The van der Waals surface area contributed by atoms with Crippen LogP contribution in [0.1, 0.15) is 11.1 Å². The third-order valence-corrected chi connectivity index (χ3v) is 4.60. The van der Waals surface area contributed by atoms with Crippen LogP contribution in [0.4, 0.5) is 11.4 Å². The molecule has 1 N–H and O–H groups in total. The number of rotatable bonds is 6. The van der Waals surface area contributed by atoms with Gasteiger partial charge in [-0.1, -0.05) is 36.0 Å². The summed E-state index contributed by atoms with van der Waals surface area (Å²) >= 11 is 1.10. The molecule has 3 rings (SSSR count). The molecule has 1 amide bonds. The number of benzene rings is 2. The van der Waals surface area contributed by atoms with E-state index in [0.29, 0.717) is 5.56 Å². The molecule has 1 aromatic heterocycles. The van der Waals surface area contributed by atoms with E-state index in [-0.39, 0.29) is 28.5 Å². The minimum Gasteiger partial charge on any atom is -0.411 e. The zero-order valence-electron chi connectivity index (χ0n) is 14.6. The van der Waals surface area contributed by atoms with E-state index in [1.807, 2.05) is 32.0 Å². The lowest BCUT2D eigenvalue weighted by Crippen LogP contribution is -2.15. The number of thioether (sulfide) groups is 1. The van der Waals surface area contributed by atoms with Crippen LogP contribution in [-0.2, 0) is 4.79 Å². The van der Waals surface area contributed by atoms with Crippen LogP contribution >= 0.6 is 11.8 Å². The summed E-state index contributed by atoms with van der Waals surface area (Å²) < 4.78 is 5.49. The topological polar surface area (TPSA) is 111 Å². The molecule has 0 radical (unpaired) electrons. The van der Waals surface area contributed by atoms with Crippen molar-refractivity contribution in [3.05, 3.63) is 63.7 Å². The zero-order valence-corrected chi connectivity index (χ0v) is 15.4. The van der Waals surface area contributed by atoms with E-state index in [1.165, 1.54) is 12.1 Å². The van der Waals surface area contributed by atoms with Crippen LogP contribution < -0.4 is 5.32 Å². The molecule has 0 aliphatic heterocycles. The number of non-ortho nitro benzene ring substituents is 1. The fourth-order valence-electron chi connectivity index (χ4n) is 2.45. The van der Waals surface area contributed by atoms with Gasteiger partial charge in [-0.2, -0.15) is 0 Å². The van der Waals surface area contributed by atoms with Crippen molar-refractivity contribution in [1.82, 2.24) is 10.2 Å². The third-order valence-electron chi connectivity index (χ3n) is 3.78. The van der Waals surface area contributed by atoms with Crippen LogP contribution in [0.5, 0.6) is 0 Å². The predicted molar refractivity (Wildman–Crippen MR) is 102 cm³/mol. The second-order valence-corrected chi connectivity index (χ2v) is 6.71. The number of nitrogens with one attached hydrogen (secondary N) is 1. The molecule has 138 valence electrons. The molecule has 0 saturated heterocycles. The maximum absolute atomic E-state index is 12.2. The third kappa shape index (κ3) is 4.50. The maximum Gasteiger partial charge on any atom is 0.277 e. The van der Waals surface area contributed by atoms with Gasteiger partial charge in [0, 0.05) is 23.4 Å². The summed E-state index contributed by atoms with van der Waals surface area (Å²) in [6.07, 6.45) is 0. The minimum atomic E-state index is -0.493. The SMILES string of the molecule is Cc1cccc(C)c1NC(=O)CSc1nnc(-c2cccc([N+](=O)[O-])c2)o1. The summed E-state index contributed by atoms with van der Waals surface area (Å²) in [5, 5.41) is 21.7. The van der Waals surface area contributed by atoms with Crippen molar-refractivity contribution >= 4 is 29.0 Å². The number of carbonyl (C=O) groups is 1. The largest absolute Gasteiger partial charge is 0.411 e. The molecule has 0 aliphatic rings. The molecule has 8 nitrogen and oxygen atoms in total. The number of anilines is 1. The number of nitrogens with zero attached hydrogens (tertiary/aromatic N) is 3. The van der Waals surface area contributed by atoms with E-state index in [1.54, 1.807) is 12.1 Å². The van der Waals surface area contributed by atoms with E-state index in [4.69, 9.17) is 4.42 Å². The molecule has 0 bridgehead atoms. The van der Waals surface area contributed by atoms with Crippen LogP contribution in [0.25, 0.3) is 11.5 Å². The monoisotopic (exact) mass is 384 g/mol. The van der Waals surface area contributed by atoms with Crippen molar-refractivity contribution in [2.24, 2.45) is 0 Å². The number of hydrogen-bond acceptors (Lipinski definition) is 7. The van der Waals surface area contributed by atoms with Crippen LogP contribution in [0.2, 0.25) is 0 Å². The van der Waals surface area contributed by atoms with Crippen molar-refractivity contribution in [2.75, 3.05) is 11.1 Å². The van der Waals surface area contributed by atoms with Gasteiger partial charge in [-0.3, -0.25) is 14.9 Å². The Balaban J connectivity index is 1.64. The quantitative estimate of drug-likeness (QED) is 0.388. The van der Waals surface area contributed by atoms with Gasteiger partial charge in [-0.15, -0.1) is 10.2 Å². The molecular formula is C18H16N4O4S. The lowest BCUT2D eigenvalue weighted by Gasteiger charge is -2.10. The molecule has 0 spiro atoms. The van der Waals surface area contributed by atoms with Crippen molar-refractivity contribution in [3.8, 4) is 11.5 Å². The average Bonchev–Trinajstić information content (AvgIpc) is 3.12. The van der Waals surface area contributed by atoms with Crippen LogP contribution in [-0.4, -0.2) is 26.8 Å². The summed E-state index contributed by atoms with van der Waals surface area (Å²) in [5.74, 6) is 0.0773. The van der Waals surface area contributed by atoms with Gasteiger partial charge in [0.2, 0.25) is 11.8 Å². The molecule has 0 fully saturated rings. The molecule has 0 aliphatic carbocycles. The second kappa shape index (κ2) is 8.00. The lowest BCUT2D eigenvalue weighted by molar-refractivity contribution is -0.384. The van der Waals surface area contributed by atoms with Gasteiger partial charge in [-0.25, -0.2) is 0 Å². The number of carbonyl (C=O) groups excluding carboxylic acids is 1. The van der Waals surface area contributed by atoms with E-state index in [2.05, 4.69) is 15.5 Å². The number of aryl methyl sites for hydroxylation is 2. The van der Waals surface area contributed by atoms with Gasteiger partial charge in [0.15, 0.2) is 0 Å². The molecule has 0 atom stereocenters. The Hall–Kier alpha value is -3.20. The van der Waals surface area contributed by atoms with Crippen LogP contribution in [0, 0.1) is 24.0 Å². The first-order chi connectivity index (χ1) is 12.9. The Labute approximate surface area is 159 Å². The van der Waals surface area contributed by atoms with Crippen molar-refractivity contribution < 1.29 is 14.1 Å². The number of hydrogen-bond donors (Lipinski definition) is 1. The minimum absolute atomic E-state index is 0.0621. The van der Waals surface area contributed by atoms with E-state index in [9.17, 15) is 14.9 Å². The van der Waals surface area contributed by atoms with Crippen LogP contribution in [0.15, 0.2) is 52.1 Å². The number of para-hydroxylation sites is 1. The summed E-state index contributed by atoms with van der Waals surface area (Å²) in [7, 11) is 0. The highest BCUT2D eigenvalue weighted by atomic mass is 32.2. The molecule has 3 aromatic rings.